The highest BCUT2D eigenvalue weighted by atomic mass is 35.5. The molecule has 0 unspecified atom stereocenters. The molecular formula is C27H33ClN2O4. The van der Waals surface area contributed by atoms with Crippen molar-refractivity contribution in [1.82, 2.24) is 9.80 Å². The van der Waals surface area contributed by atoms with E-state index < -0.39 is 17.7 Å². The first-order chi connectivity index (χ1) is 16.1. The number of hydrogen-bond donors (Lipinski definition) is 1. The molecule has 0 radical (unpaired) electrons. The Morgan fingerprint density at radius 2 is 1.82 bits per heavy atom. The summed E-state index contributed by atoms with van der Waals surface area (Å²) in [5, 5.41) is 11.6. The van der Waals surface area contributed by atoms with Gasteiger partial charge in [-0.1, -0.05) is 49.7 Å². The van der Waals surface area contributed by atoms with Gasteiger partial charge in [-0.2, -0.15) is 0 Å². The van der Waals surface area contributed by atoms with E-state index in [0.717, 1.165) is 17.7 Å². The fraction of sp³-hybridized carbons (Fsp3) is 0.407. The number of Topliss-reactive ketones (excluding diaryl/α,β-unsaturated/α-hetero) is 1. The molecule has 1 amide bonds. The molecule has 0 saturated carbocycles. The Kier molecular flexibility index (Phi) is 8.39. The Hall–Kier alpha value is -2.83. The van der Waals surface area contributed by atoms with Crippen LogP contribution in [0.4, 0.5) is 0 Å². The minimum atomic E-state index is -0.690. The van der Waals surface area contributed by atoms with Crippen molar-refractivity contribution in [2.75, 3.05) is 33.8 Å². The van der Waals surface area contributed by atoms with Gasteiger partial charge in [-0.05, 0) is 69.2 Å². The minimum Gasteiger partial charge on any atom is -0.507 e. The molecule has 0 aliphatic carbocycles. The van der Waals surface area contributed by atoms with Crippen molar-refractivity contribution < 1.29 is 19.4 Å². The summed E-state index contributed by atoms with van der Waals surface area (Å²) in [4.78, 5) is 29.8. The molecule has 1 atom stereocenters. The second-order valence-electron chi connectivity index (χ2n) is 9.05. The van der Waals surface area contributed by atoms with Crippen molar-refractivity contribution in [2.45, 2.75) is 39.2 Å². The van der Waals surface area contributed by atoms with E-state index in [9.17, 15) is 14.7 Å². The van der Waals surface area contributed by atoms with Gasteiger partial charge in [0.2, 0.25) is 0 Å². The van der Waals surface area contributed by atoms with Crippen LogP contribution in [0.15, 0.2) is 48.0 Å². The van der Waals surface area contributed by atoms with Crippen molar-refractivity contribution in [3.8, 4) is 5.75 Å². The van der Waals surface area contributed by atoms with Gasteiger partial charge in [0.1, 0.15) is 11.5 Å². The lowest BCUT2D eigenvalue weighted by molar-refractivity contribution is -0.139. The number of aliphatic hydroxyl groups excluding tert-OH is 1. The van der Waals surface area contributed by atoms with Crippen LogP contribution in [0.25, 0.3) is 5.76 Å². The maximum Gasteiger partial charge on any atom is 0.295 e. The van der Waals surface area contributed by atoms with Crippen LogP contribution in [-0.4, -0.2) is 60.4 Å². The zero-order valence-corrected chi connectivity index (χ0v) is 21.2. The van der Waals surface area contributed by atoms with Crippen LogP contribution in [0.5, 0.6) is 5.75 Å². The van der Waals surface area contributed by atoms with Gasteiger partial charge in [0.05, 0.1) is 23.2 Å². The molecule has 0 bridgehead atoms. The first kappa shape index (κ1) is 25.8. The molecule has 7 heteroatoms. The van der Waals surface area contributed by atoms with Gasteiger partial charge in [0.15, 0.2) is 0 Å². The molecule has 1 aliphatic rings. The summed E-state index contributed by atoms with van der Waals surface area (Å²) in [7, 11) is 3.93. The Bertz CT molecular complexity index is 1080. The summed E-state index contributed by atoms with van der Waals surface area (Å²) in [5.41, 5.74) is 2.38. The Morgan fingerprint density at radius 3 is 2.38 bits per heavy atom. The second-order valence-corrected chi connectivity index (χ2v) is 9.46. The molecular weight excluding hydrogens is 452 g/mol. The molecule has 1 saturated heterocycles. The largest absolute Gasteiger partial charge is 0.507 e. The molecule has 182 valence electrons. The number of halogens is 1. The van der Waals surface area contributed by atoms with E-state index in [4.69, 9.17) is 16.3 Å². The Morgan fingerprint density at radius 1 is 1.15 bits per heavy atom. The van der Waals surface area contributed by atoms with E-state index >= 15 is 0 Å². The number of nitrogens with zero attached hydrogens (tertiary/aromatic N) is 2. The van der Waals surface area contributed by atoms with Crippen LogP contribution in [-0.2, 0) is 9.59 Å². The topological polar surface area (TPSA) is 70.1 Å². The van der Waals surface area contributed by atoms with E-state index in [1.165, 1.54) is 0 Å². The predicted molar refractivity (Wildman–Crippen MR) is 135 cm³/mol. The molecule has 1 heterocycles. The molecule has 6 nitrogen and oxygen atoms in total. The number of rotatable bonds is 9. The standard InChI is InChI=1S/C27H33ClN2O4/c1-6-34-22-13-12-20(16-21(22)28)25(31)23-24(19-10-8-18(9-11-19)17(2)3)30(27(33)26(23)32)15-7-14-29(4)5/h8-13,16-17,24,31H,6-7,14-15H2,1-5H3/b25-23+/t24-/m1/s1. The van der Waals surface area contributed by atoms with Crippen LogP contribution < -0.4 is 4.74 Å². The summed E-state index contributed by atoms with van der Waals surface area (Å²) >= 11 is 6.33. The van der Waals surface area contributed by atoms with Gasteiger partial charge in [-0.3, -0.25) is 9.59 Å². The first-order valence-corrected chi connectivity index (χ1v) is 12.0. The fourth-order valence-electron chi connectivity index (χ4n) is 4.15. The van der Waals surface area contributed by atoms with Gasteiger partial charge in [0, 0.05) is 12.1 Å². The number of likely N-dealkylation sites (tertiary alicyclic amines) is 1. The number of ketones is 1. The Labute approximate surface area is 206 Å². The predicted octanol–water partition coefficient (Wildman–Crippen LogP) is 5.24. The highest BCUT2D eigenvalue weighted by Gasteiger charge is 2.45. The van der Waals surface area contributed by atoms with Crippen molar-refractivity contribution in [2.24, 2.45) is 0 Å². The summed E-state index contributed by atoms with van der Waals surface area (Å²) < 4.78 is 5.47. The smallest absolute Gasteiger partial charge is 0.295 e. The first-order valence-electron chi connectivity index (χ1n) is 11.6. The van der Waals surface area contributed by atoms with E-state index in [2.05, 4.69) is 13.8 Å². The molecule has 3 rings (SSSR count). The normalized spacial score (nSPS) is 17.8. The maximum atomic E-state index is 13.2. The molecule has 1 N–H and O–H groups in total. The summed E-state index contributed by atoms with van der Waals surface area (Å²) in [6.07, 6.45) is 0.704. The van der Waals surface area contributed by atoms with Crippen LogP contribution in [0.3, 0.4) is 0 Å². The zero-order valence-electron chi connectivity index (χ0n) is 20.5. The lowest BCUT2D eigenvalue weighted by atomic mass is 9.93. The van der Waals surface area contributed by atoms with Crippen molar-refractivity contribution in [3.05, 3.63) is 69.8 Å². The molecule has 2 aromatic rings. The zero-order chi connectivity index (χ0) is 25.0. The van der Waals surface area contributed by atoms with E-state index in [1.807, 2.05) is 50.2 Å². The SMILES string of the molecule is CCOc1ccc(/C(O)=C2\C(=O)C(=O)N(CCCN(C)C)[C@@H]2c2ccc(C(C)C)cc2)cc1Cl. The summed E-state index contributed by atoms with van der Waals surface area (Å²) in [6, 6.07) is 12.1. The van der Waals surface area contributed by atoms with Gasteiger partial charge in [-0.15, -0.1) is 0 Å². The third kappa shape index (κ3) is 5.45. The number of carbonyl (C=O) groups excluding carboxylic acids is 2. The molecule has 0 spiro atoms. The highest BCUT2D eigenvalue weighted by Crippen LogP contribution is 2.40. The third-order valence-corrected chi connectivity index (χ3v) is 6.26. The summed E-state index contributed by atoms with van der Waals surface area (Å²) in [6.45, 7) is 7.70. The van der Waals surface area contributed by atoms with E-state index in [-0.39, 0.29) is 11.3 Å². The number of ether oxygens (including phenoxy) is 1. The van der Waals surface area contributed by atoms with Crippen molar-refractivity contribution in [1.29, 1.82) is 0 Å². The average molecular weight is 485 g/mol. The molecule has 0 aromatic heterocycles. The highest BCUT2D eigenvalue weighted by molar-refractivity contribution is 6.46. The second kappa shape index (κ2) is 11.1. The molecule has 1 fully saturated rings. The van der Waals surface area contributed by atoms with Crippen LogP contribution in [0.1, 0.15) is 55.8 Å². The van der Waals surface area contributed by atoms with Gasteiger partial charge < -0.3 is 19.6 Å². The number of benzene rings is 2. The molecule has 34 heavy (non-hydrogen) atoms. The van der Waals surface area contributed by atoms with Crippen LogP contribution in [0, 0.1) is 0 Å². The molecule has 1 aliphatic heterocycles. The number of amides is 1. The van der Waals surface area contributed by atoms with Gasteiger partial charge in [-0.25, -0.2) is 0 Å². The quantitative estimate of drug-likeness (QED) is 0.299. The monoisotopic (exact) mass is 484 g/mol. The number of carbonyl (C=O) groups is 2. The summed E-state index contributed by atoms with van der Waals surface area (Å²) in [5.74, 6) is -0.686. The van der Waals surface area contributed by atoms with E-state index in [0.29, 0.717) is 41.8 Å². The van der Waals surface area contributed by atoms with Crippen LogP contribution in [0.2, 0.25) is 5.02 Å². The lowest BCUT2D eigenvalue weighted by Gasteiger charge is -2.26. The van der Waals surface area contributed by atoms with Crippen molar-refractivity contribution in [3.63, 3.8) is 0 Å². The van der Waals surface area contributed by atoms with E-state index in [1.54, 1.807) is 23.1 Å². The van der Waals surface area contributed by atoms with Crippen LogP contribution >= 0.6 is 11.6 Å². The van der Waals surface area contributed by atoms with Gasteiger partial charge in [0.25, 0.3) is 11.7 Å². The minimum absolute atomic E-state index is 0.0763. The number of aliphatic hydroxyl groups is 1. The Balaban J connectivity index is 2.09. The average Bonchev–Trinajstić information content (AvgIpc) is 3.05. The molecule has 2 aromatic carbocycles. The fourth-order valence-corrected chi connectivity index (χ4v) is 4.39. The van der Waals surface area contributed by atoms with Gasteiger partial charge >= 0.3 is 0 Å². The lowest BCUT2D eigenvalue weighted by Crippen LogP contribution is -2.32. The number of hydrogen-bond acceptors (Lipinski definition) is 5. The maximum absolute atomic E-state index is 13.2. The van der Waals surface area contributed by atoms with Crippen molar-refractivity contribution >= 4 is 29.1 Å². The third-order valence-electron chi connectivity index (χ3n) is 5.97.